The molecule has 0 saturated carbocycles. The molecule has 0 aliphatic heterocycles. The molecule has 2 N–H and O–H groups in total. The van der Waals surface area contributed by atoms with Crippen LogP contribution in [0, 0.1) is 0 Å². The standard InChI is InChI=1S/C13H13BrN2O2/c14-10-6-4-9(5-7-10)13(18)16-15-11-2-1-3-12(17)8-11/h4-8,15H,1-3H2,(H,16,18). The highest BCUT2D eigenvalue weighted by atomic mass is 79.9. The number of benzene rings is 1. The van der Waals surface area contributed by atoms with Gasteiger partial charge in [0.05, 0.1) is 0 Å². The molecule has 0 heterocycles. The molecule has 1 aromatic rings. The third kappa shape index (κ3) is 3.43. The van der Waals surface area contributed by atoms with E-state index >= 15 is 0 Å². The van der Waals surface area contributed by atoms with Gasteiger partial charge in [-0.15, -0.1) is 0 Å². The average molecular weight is 309 g/mol. The Hall–Kier alpha value is -1.62. The minimum absolute atomic E-state index is 0.0987. The zero-order valence-corrected chi connectivity index (χ0v) is 11.3. The van der Waals surface area contributed by atoms with Gasteiger partial charge in [-0.25, -0.2) is 0 Å². The molecule has 1 aromatic carbocycles. The second-order valence-electron chi connectivity index (χ2n) is 4.08. The largest absolute Gasteiger partial charge is 0.302 e. The maximum absolute atomic E-state index is 11.8. The highest BCUT2D eigenvalue weighted by molar-refractivity contribution is 9.10. The zero-order valence-electron chi connectivity index (χ0n) is 9.70. The Bertz CT molecular complexity index is 494. The normalized spacial score (nSPS) is 14.9. The Labute approximate surface area is 114 Å². The van der Waals surface area contributed by atoms with Crippen LogP contribution in [0.2, 0.25) is 0 Å². The lowest BCUT2D eigenvalue weighted by atomic mass is 10.0. The number of hydrazine groups is 1. The molecule has 0 bridgehead atoms. The quantitative estimate of drug-likeness (QED) is 0.843. The smallest absolute Gasteiger partial charge is 0.269 e. The molecular formula is C13H13BrN2O2. The van der Waals surface area contributed by atoms with Gasteiger partial charge in [0.25, 0.3) is 5.91 Å². The van der Waals surface area contributed by atoms with Crippen LogP contribution in [0.3, 0.4) is 0 Å². The molecule has 0 atom stereocenters. The molecule has 0 spiro atoms. The summed E-state index contributed by atoms with van der Waals surface area (Å²) in [7, 11) is 0. The molecule has 0 fully saturated rings. The first kappa shape index (κ1) is 12.8. The summed E-state index contributed by atoms with van der Waals surface area (Å²) in [5.74, 6) is -0.122. The fourth-order valence-electron chi connectivity index (χ4n) is 1.70. The van der Waals surface area contributed by atoms with Crippen LogP contribution in [-0.2, 0) is 4.79 Å². The average Bonchev–Trinajstić information content (AvgIpc) is 2.37. The van der Waals surface area contributed by atoms with Gasteiger partial charge in [0.15, 0.2) is 5.78 Å². The van der Waals surface area contributed by atoms with Gasteiger partial charge in [-0.3, -0.25) is 15.0 Å². The SMILES string of the molecule is O=C1C=C(NNC(=O)c2ccc(Br)cc2)CCC1. The molecule has 94 valence electrons. The minimum Gasteiger partial charge on any atom is -0.302 e. The Morgan fingerprint density at radius 2 is 1.89 bits per heavy atom. The van der Waals surface area contributed by atoms with Crippen LogP contribution in [0.25, 0.3) is 0 Å². The second-order valence-corrected chi connectivity index (χ2v) is 4.99. The van der Waals surface area contributed by atoms with Crippen molar-refractivity contribution in [1.82, 2.24) is 10.9 Å². The van der Waals surface area contributed by atoms with Crippen molar-refractivity contribution in [2.24, 2.45) is 0 Å². The molecule has 0 aromatic heterocycles. The number of hydrogen-bond donors (Lipinski definition) is 2. The Kier molecular flexibility index (Phi) is 4.15. The minimum atomic E-state index is -0.221. The van der Waals surface area contributed by atoms with Crippen molar-refractivity contribution < 1.29 is 9.59 Å². The lowest BCUT2D eigenvalue weighted by Gasteiger charge is -2.15. The van der Waals surface area contributed by atoms with E-state index in [0.717, 1.165) is 23.0 Å². The first-order valence-corrected chi connectivity index (χ1v) is 6.50. The maximum atomic E-state index is 11.8. The van der Waals surface area contributed by atoms with Gasteiger partial charge in [-0.05, 0) is 37.1 Å². The first-order chi connectivity index (χ1) is 8.65. The number of rotatable bonds is 3. The maximum Gasteiger partial charge on any atom is 0.269 e. The summed E-state index contributed by atoms with van der Waals surface area (Å²) in [6.45, 7) is 0. The van der Waals surface area contributed by atoms with Gasteiger partial charge in [-0.1, -0.05) is 15.9 Å². The molecule has 0 unspecified atom stereocenters. The van der Waals surface area contributed by atoms with Crippen LogP contribution in [0.15, 0.2) is 40.5 Å². The predicted octanol–water partition coefficient (Wildman–Crippen LogP) is 2.32. The second kappa shape index (κ2) is 5.82. The van der Waals surface area contributed by atoms with Gasteiger partial charge in [0.1, 0.15) is 0 Å². The van der Waals surface area contributed by atoms with E-state index in [2.05, 4.69) is 26.8 Å². The van der Waals surface area contributed by atoms with Crippen LogP contribution in [0.4, 0.5) is 0 Å². The number of nitrogens with one attached hydrogen (secondary N) is 2. The number of carbonyl (C=O) groups is 2. The van der Waals surface area contributed by atoms with Gasteiger partial charge in [0.2, 0.25) is 0 Å². The van der Waals surface area contributed by atoms with E-state index in [9.17, 15) is 9.59 Å². The Balaban J connectivity index is 1.92. The van der Waals surface area contributed by atoms with Crippen molar-refractivity contribution in [1.29, 1.82) is 0 Å². The third-order valence-electron chi connectivity index (χ3n) is 2.65. The summed E-state index contributed by atoms with van der Waals surface area (Å²) >= 11 is 3.31. The molecule has 1 aliphatic rings. The lowest BCUT2D eigenvalue weighted by Crippen LogP contribution is -2.37. The summed E-state index contributed by atoms with van der Waals surface area (Å²) in [6.07, 6.45) is 3.75. The van der Waals surface area contributed by atoms with Crippen LogP contribution in [-0.4, -0.2) is 11.7 Å². The van der Waals surface area contributed by atoms with E-state index in [1.54, 1.807) is 30.3 Å². The van der Waals surface area contributed by atoms with Gasteiger partial charge in [0, 0.05) is 28.2 Å². The summed E-state index contributed by atoms with van der Waals surface area (Å²) in [6, 6.07) is 7.06. The van der Waals surface area contributed by atoms with Gasteiger partial charge >= 0.3 is 0 Å². The van der Waals surface area contributed by atoms with Crippen molar-refractivity contribution in [3.05, 3.63) is 46.1 Å². The van der Waals surface area contributed by atoms with Crippen molar-refractivity contribution in [3.8, 4) is 0 Å². The lowest BCUT2D eigenvalue weighted by molar-refractivity contribution is -0.115. The predicted molar refractivity (Wildman–Crippen MR) is 71.7 cm³/mol. The molecule has 2 rings (SSSR count). The van der Waals surface area contributed by atoms with Crippen molar-refractivity contribution in [2.45, 2.75) is 19.3 Å². The van der Waals surface area contributed by atoms with E-state index < -0.39 is 0 Å². The van der Waals surface area contributed by atoms with E-state index in [4.69, 9.17) is 0 Å². The summed E-state index contributed by atoms with van der Waals surface area (Å²) < 4.78 is 0.924. The number of carbonyl (C=O) groups excluding carboxylic acids is 2. The third-order valence-corrected chi connectivity index (χ3v) is 3.18. The van der Waals surface area contributed by atoms with Crippen LogP contribution in [0.5, 0.6) is 0 Å². The molecule has 0 radical (unpaired) electrons. The van der Waals surface area contributed by atoms with E-state index in [-0.39, 0.29) is 11.7 Å². The fourth-order valence-corrected chi connectivity index (χ4v) is 1.97. The Morgan fingerprint density at radius 1 is 1.17 bits per heavy atom. The highest BCUT2D eigenvalue weighted by Gasteiger charge is 2.11. The number of allylic oxidation sites excluding steroid dienone is 2. The summed E-state index contributed by atoms with van der Waals surface area (Å²) in [4.78, 5) is 23.0. The number of ketones is 1. The van der Waals surface area contributed by atoms with Crippen LogP contribution in [0.1, 0.15) is 29.6 Å². The van der Waals surface area contributed by atoms with E-state index in [0.29, 0.717) is 12.0 Å². The van der Waals surface area contributed by atoms with Crippen LogP contribution >= 0.6 is 15.9 Å². The zero-order chi connectivity index (χ0) is 13.0. The van der Waals surface area contributed by atoms with Crippen molar-refractivity contribution in [3.63, 3.8) is 0 Å². The number of halogens is 1. The molecule has 5 heteroatoms. The van der Waals surface area contributed by atoms with E-state index in [1.165, 1.54) is 0 Å². The van der Waals surface area contributed by atoms with Gasteiger partial charge < -0.3 is 5.43 Å². The monoisotopic (exact) mass is 308 g/mol. The van der Waals surface area contributed by atoms with Crippen LogP contribution < -0.4 is 10.9 Å². The molecular weight excluding hydrogens is 296 g/mol. The van der Waals surface area contributed by atoms with Gasteiger partial charge in [-0.2, -0.15) is 0 Å². The summed E-state index contributed by atoms with van der Waals surface area (Å²) in [5.41, 5.74) is 6.70. The molecule has 1 amide bonds. The highest BCUT2D eigenvalue weighted by Crippen LogP contribution is 2.12. The summed E-state index contributed by atoms with van der Waals surface area (Å²) in [5, 5.41) is 0. The topological polar surface area (TPSA) is 58.2 Å². The molecule has 1 aliphatic carbocycles. The van der Waals surface area contributed by atoms with Crippen molar-refractivity contribution >= 4 is 27.6 Å². The first-order valence-electron chi connectivity index (χ1n) is 5.70. The fraction of sp³-hybridized carbons (Fsp3) is 0.231. The van der Waals surface area contributed by atoms with Crippen molar-refractivity contribution in [2.75, 3.05) is 0 Å². The number of amides is 1. The molecule has 0 saturated heterocycles. The molecule has 4 nitrogen and oxygen atoms in total. The van der Waals surface area contributed by atoms with E-state index in [1.807, 2.05) is 0 Å². The molecule has 18 heavy (non-hydrogen) atoms. The Morgan fingerprint density at radius 3 is 2.56 bits per heavy atom. The number of hydrogen-bond acceptors (Lipinski definition) is 3.